The number of para-hydroxylation sites is 1. The number of halogens is 1. The first kappa shape index (κ1) is 17.7. The molecular formula is C19H21FN2O2. The Morgan fingerprint density at radius 1 is 1.12 bits per heavy atom. The maximum Gasteiger partial charge on any atom is 0.261 e. The molecule has 0 radical (unpaired) electrons. The van der Waals surface area contributed by atoms with Crippen LogP contribution in [0.1, 0.15) is 37.0 Å². The van der Waals surface area contributed by atoms with Crippen molar-refractivity contribution < 1.29 is 14.0 Å². The summed E-state index contributed by atoms with van der Waals surface area (Å²) in [5, 5.41) is 2.57. The van der Waals surface area contributed by atoms with Gasteiger partial charge in [0.1, 0.15) is 5.82 Å². The van der Waals surface area contributed by atoms with E-state index < -0.39 is 11.7 Å². The topological polar surface area (TPSA) is 49.4 Å². The Balaban J connectivity index is 2.36. The molecule has 24 heavy (non-hydrogen) atoms. The van der Waals surface area contributed by atoms with Crippen LogP contribution in [-0.2, 0) is 4.79 Å². The Bertz CT molecular complexity index is 717. The first-order chi connectivity index (χ1) is 11.5. The Hall–Kier alpha value is -2.69. The minimum absolute atomic E-state index is 0.0544. The van der Waals surface area contributed by atoms with Gasteiger partial charge in [-0.2, -0.15) is 0 Å². The van der Waals surface area contributed by atoms with Crippen LogP contribution >= 0.6 is 0 Å². The average molecular weight is 328 g/mol. The average Bonchev–Trinajstić information content (AvgIpc) is 2.57. The molecule has 0 aliphatic heterocycles. The molecule has 126 valence electrons. The van der Waals surface area contributed by atoms with E-state index in [1.54, 1.807) is 4.90 Å². The van der Waals surface area contributed by atoms with Crippen LogP contribution in [0.15, 0.2) is 48.5 Å². The number of carbonyl (C=O) groups excluding carboxylic acids is 2. The highest BCUT2D eigenvalue weighted by Gasteiger charge is 2.21. The molecule has 0 atom stereocenters. The number of unbranched alkanes of at least 4 members (excludes halogenated alkanes) is 1. The molecule has 0 bridgehead atoms. The number of nitrogens with one attached hydrogen (secondary N) is 1. The molecule has 0 aliphatic carbocycles. The number of anilines is 2. The lowest BCUT2D eigenvalue weighted by molar-refractivity contribution is -0.114. The second kappa shape index (κ2) is 8.24. The summed E-state index contributed by atoms with van der Waals surface area (Å²) < 4.78 is 14.2. The Morgan fingerprint density at radius 2 is 1.83 bits per heavy atom. The highest BCUT2D eigenvalue weighted by molar-refractivity contribution is 6.07. The highest BCUT2D eigenvalue weighted by atomic mass is 19.1. The van der Waals surface area contributed by atoms with Crippen LogP contribution in [-0.4, -0.2) is 18.4 Å². The number of rotatable bonds is 6. The molecule has 2 rings (SSSR count). The second-order valence-electron chi connectivity index (χ2n) is 5.52. The van der Waals surface area contributed by atoms with Gasteiger partial charge >= 0.3 is 0 Å². The fourth-order valence-corrected chi connectivity index (χ4v) is 2.39. The van der Waals surface area contributed by atoms with Crippen LogP contribution in [0.2, 0.25) is 0 Å². The monoisotopic (exact) mass is 328 g/mol. The second-order valence-corrected chi connectivity index (χ2v) is 5.52. The third-order valence-electron chi connectivity index (χ3n) is 3.57. The minimum atomic E-state index is -0.605. The summed E-state index contributed by atoms with van der Waals surface area (Å²) in [5.41, 5.74) is 1.07. The number of nitrogens with zero attached hydrogens (tertiary/aromatic N) is 1. The van der Waals surface area contributed by atoms with E-state index >= 15 is 0 Å². The van der Waals surface area contributed by atoms with Gasteiger partial charge in [0.25, 0.3) is 5.91 Å². The quantitative estimate of drug-likeness (QED) is 0.862. The lowest BCUT2D eigenvalue weighted by Crippen LogP contribution is -2.32. The van der Waals surface area contributed by atoms with Crippen LogP contribution in [0.3, 0.4) is 0 Å². The zero-order chi connectivity index (χ0) is 17.5. The summed E-state index contributed by atoms with van der Waals surface area (Å²) in [7, 11) is 0. The van der Waals surface area contributed by atoms with Gasteiger partial charge in [-0.1, -0.05) is 31.5 Å². The molecule has 0 heterocycles. The molecule has 4 nitrogen and oxygen atoms in total. The maximum absolute atomic E-state index is 14.2. The Labute approximate surface area is 141 Å². The van der Waals surface area contributed by atoms with Crippen LogP contribution in [0.25, 0.3) is 0 Å². The summed E-state index contributed by atoms with van der Waals surface area (Å²) in [5.74, 6) is -1.29. The van der Waals surface area contributed by atoms with Gasteiger partial charge in [0, 0.05) is 24.8 Å². The summed E-state index contributed by atoms with van der Waals surface area (Å²) in [6.07, 6.45) is 1.73. The van der Waals surface area contributed by atoms with E-state index in [-0.39, 0.29) is 11.5 Å². The van der Waals surface area contributed by atoms with Crippen molar-refractivity contribution in [3.63, 3.8) is 0 Å². The van der Waals surface area contributed by atoms with Crippen molar-refractivity contribution in [1.82, 2.24) is 0 Å². The Morgan fingerprint density at radius 3 is 2.46 bits per heavy atom. The fraction of sp³-hybridized carbons (Fsp3) is 0.263. The van der Waals surface area contributed by atoms with E-state index in [1.165, 1.54) is 25.1 Å². The van der Waals surface area contributed by atoms with Crippen LogP contribution in [0.5, 0.6) is 0 Å². The van der Waals surface area contributed by atoms with Crippen molar-refractivity contribution in [1.29, 1.82) is 0 Å². The number of carbonyl (C=O) groups is 2. The van der Waals surface area contributed by atoms with E-state index in [9.17, 15) is 14.0 Å². The maximum atomic E-state index is 14.2. The van der Waals surface area contributed by atoms with Crippen molar-refractivity contribution in [2.24, 2.45) is 0 Å². The SMILES string of the molecule is CCCCN(C(=O)c1cc(NC(C)=O)ccc1F)c1ccccc1. The van der Waals surface area contributed by atoms with Crippen molar-refractivity contribution >= 4 is 23.2 Å². The molecule has 2 aromatic carbocycles. The molecule has 2 amide bonds. The molecule has 0 saturated heterocycles. The zero-order valence-corrected chi connectivity index (χ0v) is 13.9. The van der Waals surface area contributed by atoms with Crippen LogP contribution in [0.4, 0.5) is 15.8 Å². The Kier molecular flexibility index (Phi) is 6.07. The van der Waals surface area contributed by atoms with E-state index in [0.717, 1.165) is 18.5 Å². The third kappa shape index (κ3) is 4.41. The summed E-state index contributed by atoms with van der Waals surface area (Å²) >= 11 is 0. The third-order valence-corrected chi connectivity index (χ3v) is 3.57. The van der Waals surface area contributed by atoms with Crippen molar-refractivity contribution in [2.75, 3.05) is 16.8 Å². The van der Waals surface area contributed by atoms with Crippen molar-refractivity contribution in [3.05, 3.63) is 59.9 Å². The first-order valence-corrected chi connectivity index (χ1v) is 7.97. The highest BCUT2D eigenvalue weighted by Crippen LogP contribution is 2.21. The molecule has 5 heteroatoms. The normalized spacial score (nSPS) is 10.3. The molecule has 0 unspecified atom stereocenters. The summed E-state index contributed by atoms with van der Waals surface area (Å²) in [4.78, 5) is 25.6. The van der Waals surface area contributed by atoms with Crippen molar-refractivity contribution in [3.8, 4) is 0 Å². The first-order valence-electron chi connectivity index (χ1n) is 7.97. The lowest BCUT2D eigenvalue weighted by Gasteiger charge is -2.23. The molecule has 0 aromatic heterocycles. The zero-order valence-electron chi connectivity index (χ0n) is 13.9. The predicted octanol–water partition coefficient (Wildman–Crippen LogP) is 4.23. The van der Waals surface area contributed by atoms with Gasteiger partial charge in [-0.3, -0.25) is 9.59 Å². The van der Waals surface area contributed by atoms with E-state index in [2.05, 4.69) is 5.32 Å². The largest absolute Gasteiger partial charge is 0.326 e. The standard InChI is InChI=1S/C19H21FN2O2/c1-3-4-12-22(16-8-6-5-7-9-16)19(24)17-13-15(21-14(2)23)10-11-18(17)20/h5-11,13H,3-4,12H2,1-2H3,(H,21,23). The van der Waals surface area contributed by atoms with Gasteiger partial charge in [-0.05, 0) is 36.8 Å². The van der Waals surface area contributed by atoms with E-state index in [0.29, 0.717) is 12.2 Å². The van der Waals surface area contributed by atoms with E-state index in [4.69, 9.17) is 0 Å². The summed E-state index contributed by atoms with van der Waals surface area (Å²) in [6.45, 7) is 3.90. The smallest absolute Gasteiger partial charge is 0.261 e. The predicted molar refractivity (Wildman–Crippen MR) is 93.7 cm³/mol. The van der Waals surface area contributed by atoms with Crippen LogP contribution in [0, 0.1) is 5.82 Å². The number of benzene rings is 2. The number of amides is 2. The molecule has 2 aromatic rings. The van der Waals surface area contributed by atoms with Gasteiger partial charge in [0.15, 0.2) is 0 Å². The van der Waals surface area contributed by atoms with Crippen molar-refractivity contribution in [2.45, 2.75) is 26.7 Å². The minimum Gasteiger partial charge on any atom is -0.326 e. The van der Waals surface area contributed by atoms with Gasteiger partial charge in [-0.15, -0.1) is 0 Å². The molecule has 0 saturated carbocycles. The van der Waals surface area contributed by atoms with Gasteiger partial charge in [-0.25, -0.2) is 4.39 Å². The van der Waals surface area contributed by atoms with E-state index in [1.807, 2.05) is 37.3 Å². The van der Waals surface area contributed by atoms with Gasteiger partial charge in [0.2, 0.25) is 5.91 Å². The lowest BCUT2D eigenvalue weighted by atomic mass is 10.1. The van der Waals surface area contributed by atoms with Gasteiger partial charge < -0.3 is 10.2 Å². The number of hydrogen-bond donors (Lipinski definition) is 1. The summed E-state index contributed by atoms with van der Waals surface area (Å²) in [6, 6.07) is 13.2. The molecule has 0 spiro atoms. The molecule has 0 aliphatic rings. The van der Waals surface area contributed by atoms with Gasteiger partial charge in [0.05, 0.1) is 5.56 Å². The fourth-order valence-electron chi connectivity index (χ4n) is 2.39. The number of hydrogen-bond acceptors (Lipinski definition) is 2. The molecule has 0 fully saturated rings. The molecule has 1 N–H and O–H groups in total. The van der Waals surface area contributed by atoms with Crippen LogP contribution < -0.4 is 10.2 Å². The molecular weight excluding hydrogens is 307 g/mol.